The van der Waals surface area contributed by atoms with Crippen molar-refractivity contribution >= 4 is 22.8 Å². The molecule has 0 aliphatic heterocycles. The van der Waals surface area contributed by atoms with Gasteiger partial charge in [0, 0.05) is 0 Å². The molecule has 2 rings (SSSR count). The normalized spacial score (nSPS) is 11.2. The lowest BCUT2D eigenvalue weighted by molar-refractivity contribution is -0.995. The first-order valence-electron chi connectivity index (χ1n) is 6.58. The Morgan fingerprint density at radius 3 is 2.43 bits per heavy atom. The Kier molecular flexibility index (Phi) is 4.23. The first-order chi connectivity index (χ1) is 9.90. The van der Waals surface area contributed by atoms with Crippen molar-refractivity contribution in [2.45, 2.75) is 13.5 Å². The van der Waals surface area contributed by atoms with Gasteiger partial charge in [0.25, 0.3) is 0 Å². The maximum atomic E-state index is 11.7. The van der Waals surface area contributed by atoms with Crippen LogP contribution in [0.1, 0.15) is 12.5 Å². The fraction of sp³-hybridized carbons (Fsp3) is 0.250. The maximum absolute atomic E-state index is 11.7. The number of hydrogen-bond donors (Lipinski definition) is 0. The van der Waals surface area contributed by atoms with Crippen molar-refractivity contribution in [3.05, 3.63) is 48.0 Å². The van der Waals surface area contributed by atoms with Crippen LogP contribution in [-0.2, 0) is 21.0 Å². The van der Waals surface area contributed by atoms with Gasteiger partial charge < -0.3 is 4.74 Å². The fourth-order valence-corrected chi connectivity index (χ4v) is 1.83. The monoisotopic (exact) mass is 288 g/mol. The van der Waals surface area contributed by atoms with E-state index in [9.17, 15) is 9.59 Å². The minimum atomic E-state index is -0.872. The van der Waals surface area contributed by atoms with E-state index < -0.39 is 10.8 Å². The summed E-state index contributed by atoms with van der Waals surface area (Å²) in [6, 6.07) is 13.6. The van der Waals surface area contributed by atoms with Gasteiger partial charge >= 0.3 is 12.1 Å². The average Bonchev–Trinajstić information content (AvgIpc) is 2.44. The van der Waals surface area contributed by atoms with Crippen LogP contribution in [0, 0.1) is 0 Å². The van der Waals surface area contributed by atoms with Crippen LogP contribution in [0.25, 0.3) is 10.8 Å². The van der Waals surface area contributed by atoms with E-state index in [1.165, 1.54) is 21.0 Å². The topological polar surface area (TPSA) is 52.6 Å². The van der Waals surface area contributed by atoms with E-state index in [1.807, 2.05) is 42.5 Å². The molecule has 0 spiro atoms. The molecule has 2 aromatic carbocycles. The SMILES string of the molecule is CC(=O)[N+](C)(C)OC(=O)OCc1cccc2ccccc12. The molecule has 2 aromatic rings. The number of rotatable bonds is 2. The third-order valence-electron chi connectivity index (χ3n) is 3.29. The van der Waals surface area contributed by atoms with E-state index in [4.69, 9.17) is 9.57 Å². The Morgan fingerprint density at radius 1 is 1.05 bits per heavy atom. The number of benzene rings is 2. The smallest absolute Gasteiger partial charge is 0.426 e. The number of nitrogens with zero attached hydrogens (tertiary/aromatic N) is 1. The van der Waals surface area contributed by atoms with Crippen molar-refractivity contribution in [2.75, 3.05) is 14.1 Å². The number of quaternary nitrogens is 1. The van der Waals surface area contributed by atoms with E-state index in [-0.39, 0.29) is 12.5 Å². The molecule has 0 N–H and O–H groups in total. The van der Waals surface area contributed by atoms with Gasteiger partial charge in [0.05, 0.1) is 6.92 Å². The van der Waals surface area contributed by atoms with Crippen molar-refractivity contribution in [1.29, 1.82) is 0 Å². The highest BCUT2D eigenvalue weighted by atomic mass is 16.8. The molecule has 0 atom stereocenters. The summed E-state index contributed by atoms with van der Waals surface area (Å²) >= 11 is 0. The zero-order chi connectivity index (χ0) is 15.5. The van der Waals surface area contributed by atoms with Gasteiger partial charge in [0.1, 0.15) is 20.7 Å². The maximum Gasteiger partial charge on any atom is 0.560 e. The second-order valence-corrected chi connectivity index (χ2v) is 5.14. The Labute approximate surface area is 123 Å². The Morgan fingerprint density at radius 2 is 1.71 bits per heavy atom. The van der Waals surface area contributed by atoms with E-state index >= 15 is 0 Å². The van der Waals surface area contributed by atoms with Gasteiger partial charge in [-0.15, -0.1) is 0 Å². The molecule has 0 saturated heterocycles. The summed E-state index contributed by atoms with van der Waals surface area (Å²) in [7, 11) is 2.95. The quantitative estimate of drug-likeness (QED) is 0.484. The van der Waals surface area contributed by atoms with Crippen LogP contribution in [0.5, 0.6) is 0 Å². The average molecular weight is 288 g/mol. The molecular weight excluding hydrogens is 270 g/mol. The summed E-state index contributed by atoms with van der Waals surface area (Å²) in [5.41, 5.74) is 0.887. The molecule has 0 radical (unpaired) electrons. The Hall–Kier alpha value is -2.40. The molecule has 5 nitrogen and oxygen atoms in total. The fourth-order valence-electron chi connectivity index (χ4n) is 1.83. The van der Waals surface area contributed by atoms with Crippen LogP contribution < -0.4 is 0 Å². The lowest BCUT2D eigenvalue weighted by Crippen LogP contribution is -2.45. The molecule has 0 unspecified atom stereocenters. The van der Waals surface area contributed by atoms with Gasteiger partial charge in [-0.2, -0.15) is 4.79 Å². The van der Waals surface area contributed by atoms with Crippen molar-refractivity contribution in [1.82, 2.24) is 0 Å². The second-order valence-electron chi connectivity index (χ2n) is 5.14. The zero-order valence-electron chi connectivity index (χ0n) is 12.3. The minimum Gasteiger partial charge on any atom is -0.426 e. The molecule has 0 aromatic heterocycles. The van der Waals surface area contributed by atoms with Gasteiger partial charge in [0.15, 0.2) is 0 Å². The number of carbonyl (C=O) groups excluding carboxylic acids is 2. The minimum absolute atomic E-state index is 0.0953. The van der Waals surface area contributed by atoms with E-state index in [2.05, 4.69) is 0 Å². The van der Waals surface area contributed by atoms with Crippen LogP contribution in [0.4, 0.5) is 4.79 Å². The van der Waals surface area contributed by atoms with Gasteiger partial charge in [-0.25, -0.2) is 9.63 Å². The molecule has 0 saturated carbocycles. The molecule has 0 bridgehead atoms. The molecule has 0 heterocycles. The van der Waals surface area contributed by atoms with Crippen LogP contribution in [-0.4, -0.2) is 30.8 Å². The van der Waals surface area contributed by atoms with Gasteiger partial charge in [-0.05, 0) is 16.3 Å². The molecule has 1 amide bonds. The Balaban J connectivity index is 2.05. The highest BCUT2D eigenvalue weighted by molar-refractivity contribution is 5.85. The number of ether oxygens (including phenoxy) is 1. The van der Waals surface area contributed by atoms with E-state index in [1.54, 1.807) is 0 Å². The second kappa shape index (κ2) is 5.93. The number of carbonyl (C=O) groups is 2. The molecule has 110 valence electrons. The number of hydroxylamine groups is 3. The number of fused-ring (bicyclic) bond motifs is 1. The van der Waals surface area contributed by atoms with E-state index in [0.29, 0.717) is 0 Å². The van der Waals surface area contributed by atoms with Crippen LogP contribution in [0.2, 0.25) is 0 Å². The number of hydrogen-bond acceptors (Lipinski definition) is 4. The predicted octanol–water partition coefficient (Wildman–Crippen LogP) is 3.03. The van der Waals surface area contributed by atoms with Gasteiger partial charge in [-0.3, -0.25) is 0 Å². The van der Waals surface area contributed by atoms with Crippen molar-refractivity contribution in [2.24, 2.45) is 0 Å². The van der Waals surface area contributed by atoms with E-state index in [0.717, 1.165) is 16.3 Å². The summed E-state index contributed by atoms with van der Waals surface area (Å²) in [5.74, 6) is -0.294. The molecule has 0 fully saturated rings. The summed E-state index contributed by atoms with van der Waals surface area (Å²) < 4.78 is 4.59. The third-order valence-corrected chi connectivity index (χ3v) is 3.29. The standard InChI is InChI=1S/C16H18NO4/c1-12(18)17(2,3)21-16(19)20-11-14-9-6-8-13-7-4-5-10-15(13)14/h4-10H,11H2,1-3H3/q+1. The van der Waals surface area contributed by atoms with Crippen LogP contribution >= 0.6 is 0 Å². The summed E-state index contributed by atoms with van der Waals surface area (Å²) in [6.45, 7) is 1.44. The predicted molar refractivity (Wildman–Crippen MR) is 78.0 cm³/mol. The highest BCUT2D eigenvalue weighted by Gasteiger charge is 2.29. The first kappa shape index (κ1) is 15.0. The van der Waals surface area contributed by atoms with Crippen molar-refractivity contribution < 1.29 is 23.8 Å². The third kappa shape index (κ3) is 3.58. The molecule has 5 heteroatoms. The lowest BCUT2D eigenvalue weighted by atomic mass is 10.1. The molecule has 0 aliphatic carbocycles. The van der Waals surface area contributed by atoms with Gasteiger partial charge in [0.2, 0.25) is 0 Å². The van der Waals surface area contributed by atoms with Gasteiger partial charge in [-0.1, -0.05) is 47.1 Å². The molecular formula is C16H18NO4+. The summed E-state index contributed by atoms with van der Waals surface area (Å²) in [5, 5.41) is 2.10. The van der Waals surface area contributed by atoms with Crippen molar-refractivity contribution in [3.8, 4) is 0 Å². The molecule has 0 aliphatic rings. The van der Waals surface area contributed by atoms with Crippen molar-refractivity contribution in [3.63, 3.8) is 0 Å². The van der Waals surface area contributed by atoms with Crippen LogP contribution in [0.3, 0.4) is 0 Å². The lowest BCUT2D eigenvalue weighted by Gasteiger charge is -2.20. The Bertz CT molecular complexity index is 674. The summed E-state index contributed by atoms with van der Waals surface area (Å²) in [4.78, 5) is 27.9. The zero-order valence-corrected chi connectivity index (χ0v) is 12.3. The van der Waals surface area contributed by atoms with Crippen LogP contribution in [0.15, 0.2) is 42.5 Å². The first-order valence-corrected chi connectivity index (χ1v) is 6.58. The highest BCUT2D eigenvalue weighted by Crippen LogP contribution is 2.19. The summed E-state index contributed by atoms with van der Waals surface area (Å²) in [6.07, 6.45) is -0.872. The number of amides is 1. The molecule has 21 heavy (non-hydrogen) atoms. The largest absolute Gasteiger partial charge is 0.560 e.